The molecule has 1 aromatic heterocycles. The molecule has 2 aromatic rings. The summed E-state index contributed by atoms with van der Waals surface area (Å²) in [6.45, 7) is 3.01. The van der Waals surface area contributed by atoms with Gasteiger partial charge in [0.15, 0.2) is 0 Å². The van der Waals surface area contributed by atoms with Gasteiger partial charge in [-0.15, -0.1) is 0 Å². The lowest BCUT2D eigenvalue weighted by molar-refractivity contribution is 0.0491. The fraction of sp³-hybridized carbons (Fsp3) is 0.312. The maximum atomic E-state index is 8.84. The molecule has 2 heterocycles. The molecule has 0 amide bonds. The SMILES string of the molecule is N#Cc1ccnc(NC[C@H]2CN(c3ccccc3)CCO2)n1. The third-order valence-electron chi connectivity index (χ3n) is 3.52. The summed E-state index contributed by atoms with van der Waals surface area (Å²) in [6.07, 6.45) is 1.63. The van der Waals surface area contributed by atoms with Crippen molar-refractivity contribution in [3.8, 4) is 6.07 Å². The van der Waals surface area contributed by atoms with E-state index in [0.717, 1.165) is 13.1 Å². The summed E-state index contributed by atoms with van der Waals surface area (Å²) in [7, 11) is 0. The number of nitrogens with one attached hydrogen (secondary N) is 1. The van der Waals surface area contributed by atoms with Gasteiger partial charge in [0, 0.05) is 31.5 Å². The maximum absolute atomic E-state index is 8.84. The second-order valence-electron chi connectivity index (χ2n) is 5.03. The van der Waals surface area contributed by atoms with E-state index in [2.05, 4.69) is 32.3 Å². The van der Waals surface area contributed by atoms with Gasteiger partial charge in [-0.25, -0.2) is 9.97 Å². The summed E-state index contributed by atoms with van der Waals surface area (Å²) in [5, 5.41) is 12.0. The van der Waals surface area contributed by atoms with Crippen molar-refractivity contribution in [3.63, 3.8) is 0 Å². The van der Waals surface area contributed by atoms with Gasteiger partial charge >= 0.3 is 0 Å². The zero-order chi connectivity index (χ0) is 15.2. The minimum absolute atomic E-state index is 0.0586. The van der Waals surface area contributed by atoms with Crippen LogP contribution in [-0.2, 0) is 4.74 Å². The van der Waals surface area contributed by atoms with Gasteiger partial charge in [0.1, 0.15) is 11.8 Å². The van der Waals surface area contributed by atoms with Gasteiger partial charge in [0.25, 0.3) is 0 Å². The molecule has 0 unspecified atom stereocenters. The van der Waals surface area contributed by atoms with E-state index in [1.807, 2.05) is 24.3 Å². The average molecular weight is 295 g/mol. The van der Waals surface area contributed by atoms with E-state index in [0.29, 0.717) is 24.8 Å². The largest absolute Gasteiger partial charge is 0.373 e. The van der Waals surface area contributed by atoms with Crippen molar-refractivity contribution in [2.75, 3.05) is 36.5 Å². The van der Waals surface area contributed by atoms with E-state index in [4.69, 9.17) is 10.00 Å². The van der Waals surface area contributed by atoms with E-state index >= 15 is 0 Å². The minimum atomic E-state index is 0.0586. The Hall–Kier alpha value is -2.65. The topological polar surface area (TPSA) is 74.1 Å². The van der Waals surface area contributed by atoms with Crippen LogP contribution < -0.4 is 10.2 Å². The van der Waals surface area contributed by atoms with Crippen LogP contribution >= 0.6 is 0 Å². The van der Waals surface area contributed by atoms with E-state index in [9.17, 15) is 0 Å². The molecule has 1 saturated heterocycles. The second-order valence-corrected chi connectivity index (χ2v) is 5.03. The smallest absolute Gasteiger partial charge is 0.223 e. The first kappa shape index (κ1) is 14.3. The van der Waals surface area contributed by atoms with Crippen molar-refractivity contribution < 1.29 is 4.74 Å². The molecule has 3 rings (SSSR count). The predicted molar refractivity (Wildman–Crippen MR) is 83.6 cm³/mol. The molecule has 6 heteroatoms. The number of para-hydroxylation sites is 1. The van der Waals surface area contributed by atoms with Crippen LogP contribution in [0.3, 0.4) is 0 Å². The minimum Gasteiger partial charge on any atom is -0.373 e. The lowest BCUT2D eigenvalue weighted by atomic mass is 10.2. The van der Waals surface area contributed by atoms with Crippen molar-refractivity contribution in [1.29, 1.82) is 5.26 Å². The summed E-state index contributed by atoms with van der Waals surface area (Å²) >= 11 is 0. The van der Waals surface area contributed by atoms with E-state index in [1.54, 1.807) is 12.3 Å². The molecule has 6 nitrogen and oxygen atoms in total. The zero-order valence-electron chi connectivity index (χ0n) is 12.1. The normalized spacial score (nSPS) is 17.8. The fourth-order valence-electron chi connectivity index (χ4n) is 2.43. The first-order chi connectivity index (χ1) is 10.8. The van der Waals surface area contributed by atoms with Gasteiger partial charge in [-0.1, -0.05) is 18.2 Å². The van der Waals surface area contributed by atoms with Crippen molar-refractivity contribution in [2.45, 2.75) is 6.10 Å². The van der Waals surface area contributed by atoms with Crippen LogP contribution in [0.25, 0.3) is 0 Å². The van der Waals surface area contributed by atoms with Gasteiger partial charge in [-0.2, -0.15) is 5.26 Å². The molecule has 22 heavy (non-hydrogen) atoms. The third kappa shape index (κ3) is 3.51. The van der Waals surface area contributed by atoms with Crippen LogP contribution in [-0.4, -0.2) is 42.3 Å². The molecule has 1 atom stereocenters. The Kier molecular flexibility index (Phi) is 4.47. The number of aromatic nitrogens is 2. The molecular weight excluding hydrogens is 278 g/mol. The quantitative estimate of drug-likeness (QED) is 0.925. The summed E-state index contributed by atoms with van der Waals surface area (Å²) in [5.74, 6) is 0.458. The summed E-state index contributed by atoms with van der Waals surface area (Å²) in [4.78, 5) is 10.5. The number of rotatable bonds is 4. The van der Waals surface area contributed by atoms with Gasteiger partial charge in [-0.3, -0.25) is 0 Å². The molecule has 1 aliphatic heterocycles. The summed E-state index contributed by atoms with van der Waals surface area (Å²) < 4.78 is 5.78. The number of hydrogen-bond acceptors (Lipinski definition) is 6. The highest BCUT2D eigenvalue weighted by Gasteiger charge is 2.20. The van der Waals surface area contributed by atoms with Crippen molar-refractivity contribution >= 4 is 11.6 Å². The molecule has 0 spiro atoms. The summed E-state index contributed by atoms with van der Waals surface area (Å²) in [6, 6.07) is 13.9. The molecule has 1 aliphatic rings. The number of morpholine rings is 1. The Morgan fingerprint density at radius 2 is 2.18 bits per heavy atom. The lowest BCUT2D eigenvalue weighted by Crippen LogP contribution is -2.45. The van der Waals surface area contributed by atoms with Crippen molar-refractivity contribution in [1.82, 2.24) is 9.97 Å². The fourth-order valence-corrected chi connectivity index (χ4v) is 2.43. The number of hydrogen-bond donors (Lipinski definition) is 1. The number of nitrogens with zero attached hydrogens (tertiary/aromatic N) is 4. The zero-order valence-corrected chi connectivity index (χ0v) is 12.1. The highest BCUT2D eigenvalue weighted by Crippen LogP contribution is 2.17. The van der Waals surface area contributed by atoms with Crippen molar-refractivity contribution in [2.24, 2.45) is 0 Å². The Labute approximate surface area is 129 Å². The molecule has 0 radical (unpaired) electrons. The highest BCUT2D eigenvalue weighted by atomic mass is 16.5. The molecule has 1 N–H and O–H groups in total. The van der Waals surface area contributed by atoms with Crippen LogP contribution in [0.5, 0.6) is 0 Å². The first-order valence-corrected chi connectivity index (χ1v) is 7.24. The summed E-state index contributed by atoms with van der Waals surface area (Å²) in [5.41, 5.74) is 1.56. The van der Waals surface area contributed by atoms with Crippen LogP contribution in [0.15, 0.2) is 42.6 Å². The number of anilines is 2. The average Bonchev–Trinajstić information content (AvgIpc) is 2.61. The molecule has 0 saturated carbocycles. The number of nitriles is 1. The number of ether oxygens (including phenoxy) is 1. The third-order valence-corrected chi connectivity index (χ3v) is 3.52. The van der Waals surface area contributed by atoms with Gasteiger partial charge in [-0.05, 0) is 18.2 Å². The Balaban J connectivity index is 1.58. The van der Waals surface area contributed by atoms with E-state index < -0.39 is 0 Å². The Morgan fingerprint density at radius 3 is 3.00 bits per heavy atom. The molecule has 1 aromatic carbocycles. The van der Waals surface area contributed by atoms with Gasteiger partial charge < -0.3 is 15.0 Å². The predicted octanol–water partition coefficient (Wildman–Crippen LogP) is 1.67. The van der Waals surface area contributed by atoms with Crippen LogP contribution in [0.2, 0.25) is 0 Å². The maximum Gasteiger partial charge on any atom is 0.223 e. The van der Waals surface area contributed by atoms with Crippen LogP contribution in [0.4, 0.5) is 11.6 Å². The Bertz CT molecular complexity index is 655. The highest BCUT2D eigenvalue weighted by molar-refractivity contribution is 5.46. The molecule has 112 valence electrons. The van der Waals surface area contributed by atoms with Gasteiger partial charge in [0.2, 0.25) is 5.95 Å². The second kappa shape index (κ2) is 6.87. The molecule has 0 bridgehead atoms. The molecule has 1 fully saturated rings. The lowest BCUT2D eigenvalue weighted by Gasteiger charge is -2.34. The number of benzene rings is 1. The first-order valence-electron chi connectivity index (χ1n) is 7.24. The van der Waals surface area contributed by atoms with Gasteiger partial charge in [0.05, 0.1) is 12.7 Å². The van der Waals surface area contributed by atoms with E-state index in [1.165, 1.54) is 5.69 Å². The van der Waals surface area contributed by atoms with Crippen molar-refractivity contribution in [3.05, 3.63) is 48.3 Å². The standard InChI is InChI=1S/C16H17N5O/c17-10-13-6-7-18-16(20-13)19-11-15-12-21(8-9-22-15)14-4-2-1-3-5-14/h1-7,15H,8-9,11-12H2,(H,18,19,20)/t15-/m0/s1. The molecule has 0 aliphatic carbocycles. The Morgan fingerprint density at radius 1 is 1.32 bits per heavy atom. The molecular formula is C16H17N5O. The van der Waals surface area contributed by atoms with Crippen LogP contribution in [0, 0.1) is 11.3 Å². The monoisotopic (exact) mass is 295 g/mol. The van der Waals surface area contributed by atoms with E-state index in [-0.39, 0.29) is 6.10 Å². The van der Waals surface area contributed by atoms with Crippen LogP contribution in [0.1, 0.15) is 5.69 Å².